The van der Waals surface area contributed by atoms with E-state index in [2.05, 4.69) is 165 Å². The van der Waals surface area contributed by atoms with Crippen LogP contribution in [0, 0.1) is 106 Å². The standard InChI is InChI=1S/C10H12.C10H18.C8H14.C6H12.C5H6ClF3.C5H6F4.C5H10.C4H6Br2.C4H6Cl2.C4H7Cl.C4H6F2.C4H7F/c1-8-7-10(8)9-5-3-2-4-6-9;1-7(2)6-9-8(3)10(9,4)5;1-6-4-7-2-3-8(6)5-7;1-5-4-6(5,2)3;1-3-2-4(7,8)5(3,6)9;1-3-2-4(6,7)5(3,8)9;1-4-3-5(4)2;2*1-3-2-4(3,5)6;1-3-2-4(3)5;1-3-2-4(3,5)6;1-3-2-4(3)5/h2-6,8,10H,7H2,1H3;6,8-9H,1-5H3;6-8H,2-5H2,1H3;5H,4H2,1-3H3;2*3H,2H2,1H3;4-5H,3H2,1-2H3;2*3H,2H2,1H3;3-4H,2H2,1H3;3H,2H2,1H3;3-4H,2H2,1H3/t8?,10-;;;;;;;;;;;/m0.........../s1. The van der Waals surface area contributed by atoms with Gasteiger partial charge in [0, 0.05) is 42.4 Å². The van der Waals surface area contributed by atoms with Gasteiger partial charge in [-0.05, 0) is 177 Å². The predicted octanol–water partition coefficient (Wildman–Crippen LogP) is 26.4. The van der Waals surface area contributed by atoms with E-state index in [0.717, 1.165) is 90.8 Å². The van der Waals surface area contributed by atoms with E-state index < -0.39 is 59.7 Å². The van der Waals surface area contributed by atoms with Gasteiger partial charge < -0.3 is 0 Å². The van der Waals surface area contributed by atoms with Crippen molar-refractivity contribution in [1.82, 2.24) is 0 Å². The molecule has 2 bridgehead atoms. The van der Waals surface area contributed by atoms with Gasteiger partial charge in [0.2, 0.25) is 5.13 Å². The molecule has 0 saturated heterocycles. The summed E-state index contributed by atoms with van der Waals surface area (Å²) in [6.07, 6.45) is 15.7. The fourth-order valence-electron chi connectivity index (χ4n) is 10.3. The summed E-state index contributed by atoms with van der Waals surface area (Å²) in [5, 5.41) is -2.26. The number of fused-ring (bicyclic) bond motifs is 2. The zero-order valence-electron chi connectivity index (χ0n) is 54.9. The van der Waals surface area contributed by atoms with E-state index in [4.69, 9.17) is 46.4 Å². The van der Waals surface area contributed by atoms with Crippen LogP contribution in [-0.4, -0.2) is 47.9 Å². The van der Waals surface area contributed by atoms with Gasteiger partial charge in [-0.15, -0.1) is 34.8 Å². The van der Waals surface area contributed by atoms with Crippen LogP contribution in [0.4, 0.5) is 43.9 Å². The van der Waals surface area contributed by atoms with Crippen LogP contribution in [0.2, 0.25) is 0 Å². The molecular weight excluding hydrogens is 1320 g/mol. The van der Waals surface area contributed by atoms with Gasteiger partial charge in [-0.1, -0.05) is 210 Å². The lowest BCUT2D eigenvalue weighted by atomic mass is 9.78. The first-order valence-electron chi connectivity index (χ1n) is 32.0. The van der Waals surface area contributed by atoms with E-state index in [1.807, 2.05) is 13.8 Å². The van der Waals surface area contributed by atoms with Gasteiger partial charge in [0.15, 0.2) is 0 Å². The smallest absolute Gasteiger partial charge is 0.247 e. The van der Waals surface area contributed by atoms with Crippen molar-refractivity contribution in [2.24, 2.45) is 106 Å². The molecule has 13 aliphatic rings. The Balaban J connectivity index is 0.000000245. The van der Waals surface area contributed by atoms with Crippen LogP contribution in [0.3, 0.4) is 0 Å². The van der Waals surface area contributed by atoms with Gasteiger partial charge in [-0.3, -0.25) is 0 Å². The number of hydrogen-bond donors (Lipinski definition) is 0. The van der Waals surface area contributed by atoms with Crippen LogP contribution in [-0.2, 0) is 0 Å². The van der Waals surface area contributed by atoms with Crippen LogP contribution in [0.1, 0.15) is 233 Å². The zero-order valence-corrected chi connectivity index (χ0v) is 61.1. The average Bonchev–Trinajstić information content (AvgIpc) is 2.26. The van der Waals surface area contributed by atoms with Crippen molar-refractivity contribution in [1.29, 1.82) is 0 Å². The van der Waals surface area contributed by atoms with Gasteiger partial charge in [0.1, 0.15) is 10.5 Å². The minimum atomic E-state index is -3.76. The van der Waals surface area contributed by atoms with Crippen LogP contribution in [0.5, 0.6) is 0 Å². The Hall–Kier alpha value is 0.380. The summed E-state index contributed by atoms with van der Waals surface area (Å²) in [6.45, 7) is 40.1. The maximum absolute atomic E-state index is 12.4. The molecule has 13 saturated carbocycles. The third-order valence-electron chi connectivity index (χ3n) is 20.7. The average molecular weight is 1430 g/mol. The highest BCUT2D eigenvalue weighted by molar-refractivity contribution is 9.25. The summed E-state index contributed by atoms with van der Waals surface area (Å²) in [7, 11) is 0. The lowest BCUT2D eigenvalue weighted by Crippen LogP contribution is -2.57. The molecule has 0 radical (unpaired) electrons. The molecule has 19 unspecified atom stereocenters. The van der Waals surface area contributed by atoms with E-state index in [1.165, 1.54) is 50.2 Å². The maximum atomic E-state index is 12.4. The van der Waals surface area contributed by atoms with Gasteiger partial charge in [0.25, 0.3) is 11.8 Å². The fourth-order valence-corrected chi connectivity index (χ4v) is 12.2. The summed E-state index contributed by atoms with van der Waals surface area (Å²) in [5.41, 5.74) is 4.27. The molecule has 1 aromatic carbocycles. The van der Waals surface area contributed by atoms with Crippen molar-refractivity contribution >= 4 is 78.3 Å². The SMILES string of the molecule is CC(C)=CC1C(C)C1(C)C.CC1CC(F)(F)C1(F)Cl.CC1CC(F)(F)C1(F)F.CC1CC1(Br)Br.CC1CC1(C)C.CC1CC1(Cl)Cl.CC1CC1(F)F.CC1CC1C.CC1CC1Cl.CC1CC1F.CC1CC2CCC1C2.CC1C[C@@H]1c1ccccc1. The van der Waals surface area contributed by atoms with E-state index >= 15 is 0 Å². The van der Waals surface area contributed by atoms with Crippen LogP contribution >= 0.6 is 78.3 Å². The first-order chi connectivity index (χ1) is 38.4. The van der Waals surface area contributed by atoms with E-state index in [0.29, 0.717) is 31.3 Å². The van der Waals surface area contributed by atoms with Gasteiger partial charge >= 0.3 is 11.8 Å². The topological polar surface area (TPSA) is 0 Å². The number of hydrogen-bond acceptors (Lipinski definition) is 0. The Labute approximate surface area is 546 Å². The zero-order chi connectivity index (χ0) is 65.8. The molecule has 1 aromatic rings. The van der Waals surface area contributed by atoms with Gasteiger partial charge in [-0.2, -0.15) is 17.6 Å². The van der Waals surface area contributed by atoms with Crippen molar-refractivity contribution in [2.45, 2.75) is 275 Å². The molecule has 0 N–H and O–H groups in total. The molecule has 0 heterocycles. The van der Waals surface area contributed by atoms with Crippen molar-refractivity contribution < 1.29 is 43.9 Å². The van der Waals surface area contributed by atoms with E-state index in [1.54, 1.807) is 32.6 Å². The summed E-state index contributed by atoms with van der Waals surface area (Å²) in [6, 6.07) is 10.8. The largest absolute Gasteiger partial charge is 0.312 e. The van der Waals surface area contributed by atoms with Gasteiger partial charge in [0.05, 0.1) is 3.23 Å². The Kier molecular flexibility index (Phi) is 29.1. The van der Waals surface area contributed by atoms with Crippen molar-refractivity contribution in [2.75, 3.05) is 0 Å². The molecule has 13 fully saturated rings. The van der Waals surface area contributed by atoms with Gasteiger partial charge in [-0.25, -0.2) is 26.3 Å². The highest BCUT2D eigenvalue weighted by Crippen LogP contribution is 2.60. The van der Waals surface area contributed by atoms with Crippen LogP contribution < -0.4 is 0 Å². The Bertz CT molecular complexity index is 2040. The quantitative estimate of drug-likeness (QED) is 0.157. The molecule has 0 amide bonds. The molecule has 0 nitrogen and oxygen atoms in total. The summed E-state index contributed by atoms with van der Waals surface area (Å²) >= 11 is 28.4. The number of allylic oxidation sites excluding steroid dienone is 2. The summed E-state index contributed by atoms with van der Waals surface area (Å²) in [5.74, 6) is -2.76. The molecule has 498 valence electrons. The second-order valence-corrected chi connectivity index (χ2v) is 37.0. The number of alkyl halides is 16. The van der Waals surface area contributed by atoms with Crippen LogP contribution in [0.15, 0.2) is 42.0 Å². The Morgan fingerprint density at radius 2 is 0.882 bits per heavy atom. The fraction of sp³-hybridized carbons (Fsp3) is 0.884. The Morgan fingerprint density at radius 1 is 0.518 bits per heavy atom. The third-order valence-corrected chi connectivity index (χ3v) is 25.2. The first-order valence-corrected chi connectivity index (χ1v) is 35.2. The van der Waals surface area contributed by atoms with Crippen LogP contribution in [0.25, 0.3) is 0 Å². The van der Waals surface area contributed by atoms with Crippen molar-refractivity contribution in [3.63, 3.8) is 0 Å². The maximum Gasteiger partial charge on any atom is 0.312 e. The summed E-state index contributed by atoms with van der Waals surface area (Å²) < 4.78 is 119. The molecule has 0 aromatic heterocycles. The molecule has 0 spiro atoms. The molecule has 20 atom stereocenters. The summed E-state index contributed by atoms with van der Waals surface area (Å²) in [4.78, 5) is 0. The minimum Gasteiger partial charge on any atom is -0.247 e. The second kappa shape index (κ2) is 31.1. The first kappa shape index (κ1) is 79.6. The predicted molar refractivity (Wildman–Crippen MR) is 349 cm³/mol. The van der Waals surface area contributed by atoms with Crippen molar-refractivity contribution in [3.8, 4) is 0 Å². The van der Waals surface area contributed by atoms with E-state index in [9.17, 15) is 43.9 Å². The number of rotatable bonds is 2. The number of halogens is 16. The highest BCUT2D eigenvalue weighted by Gasteiger charge is 2.70. The molecule has 85 heavy (non-hydrogen) atoms. The minimum absolute atomic E-state index is 0.104. The molecule has 16 heteroatoms. The van der Waals surface area contributed by atoms with E-state index in [-0.39, 0.29) is 16.7 Å². The lowest BCUT2D eigenvalue weighted by molar-refractivity contribution is -0.309. The second-order valence-electron chi connectivity index (χ2n) is 30.5. The highest BCUT2D eigenvalue weighted by atomic mass is 79.9. The normalized spacial score (nSPS) is 41.6. The molecule has 0 aliphatic heterocycles. The number of benzene rings is 1. The molecular formula is C69H110Br2Cl4F10. The molecule has 14 rings (SSSR count). The third kappa shape index (κ3) is 26.4. The Morgan fingerprint density at radius 3 is 0.976 bits per heavy atom. The van der Waals surface area contributed by atoms with Crippen molar-refractivity contribution in [3.05, 3.63) is 47.5 Å². The molecule has 13 aliphatic carbocycles. The lowest BCUT2D eigenvalue weighted by Gasteiger charge is -2.43. The monoisotopic (exact) mass is 1430 g/mol.